The van der Waals surface area contributed by atoms with Gasteiger partial charge in [-0.3, -0.25) is 4.79 Å². The minimum atomic E-state index is 0.0478. The number of carbonyl (C=O) groups excluding carboxylic acids is 1. The maximum Gasteiger partial charge on any atom is 0.226 e. The Hall–Kier alpha value is -2.05. The molecular formula is C20H23N3OS2. The quantitative estimate of drug-likeness (QED) is 0.562. The Bertz CT molecular complexity index is 826. The summed E-state index contributed by atoms with van der Waals surface area (Å²) in [4.78, 5) is 21.1. The van der Waals surface area contributed by atoms with E-state index < -0.39 is 0 Å². The monoisotopic (exact) mass is 385 g/mol. The number of amides is 1. The van der Waals surface area contributed by atoms with E-state index >= 15 is 0 Å². The van der Waals surface area contributed by atoms with Gasteiger partial charge in [0.25, 0.3) is 0 Å². The number of nitrogens with zero attached hydrogens (tertiary/aromatic N) is 2. The third kappa shape index (κ3) is 6.04. The van der Waals surface area contributed by atoms with Crippen LogP contribution in [-0.4, -0.2) is 22.4 Å². The summed E-state index contributed by atoms with van der Waals surface area (Å²) in [6.07, 6.45) is 4.19. The molecular weight excluding hydrogens is 362 g/mol. The lowest BCUT2D eigenvalue weighted by Crippen LogP contribution is -2.26. The van der Waals surface area contributed by atoms with Crippen LogP contribution in [0.15, 0.2) is 41.1 Å². The smallest absolute Gasteiger partial charge is 0.226 e. The van der Waals surface area contributed by atoms with Crippen molar-refractivity contribution >= 4 is 28.6 Å². The van der Waals surface area contributed by atoms with Crippen molar-refractivity contribution in [3.05, 3.63) is 68.1 Å². The van der Waals surface area contributed by atoms with E-state index in [1.807, 2.05) is 30.5 Å². The first-order valence-electron chi connectivity index (χ1n) is 8.84. The lowest BCUT2D eigenvalue weighted by atomic mass is 10.2. The topological polar surface area (TPSA) is 54.9 Å². The first kappa shape index (κ1) is 18.7. The van der Waals surface area contributed by atoms with Crippen LogP contribution in [0.25, 0.3) is 0 Å². The van der Waals surface area contributed by atoms with E-state index in [-0.39, 0.29) is 5.91 Å². The van der Waals surface area contributed by atoms with Crippen LogP contribution in [0.1, 0.15) is 39.8 Å². The van der Waals surface area contributed by atoms with Crippen LogP contribution in [0.3, 0.4) is 0 Å². The van der Waals surface area contributed by atoms with E-state index in [1.54, 1.807) is 22.7 Å². The van der Waals surface area contributed by atoms with Gasteiger partial charge in [0.2, 0.25) is 5.91 Å². The summed E-state index contributed by atoms with van der Waals surface area (Å²) in [5.74, 6) is 0.0478. The molecule has 0 aliphatic heterocycles. The molecule has 0 bridgehead atoms. The van der Waals surface area contributed by atoms with E-state index in [0.29, 0.717) is 13.0 Å². The van der Waals surface area contributed by atoms with Gasteiger partial charge in [-0.05, 0) is 31.7 Å². The molecule has 4 nitrogen and oxygen atoms in total. The largest absolute Gasteiger partial charge is 0.356 e. The second-order valence-electron chi connectivity index (χ2n) is 6.26. The SMILES string of the molecule is Cc1csc(CCCCNC(=O)Cc2csc(Cc3ccccc3)n2)n1. The summed E-state index contributed by atoms with van der Waals surface area (Å²) in [7, 11) is 0. The Balaban J connectivity index is 1.34. The number of nitrogens with one attached hydrogen (secondary N) is 1. The molecule has 0 saturated carbocycles. The number of aryl methyl sites for hydroxylation is 2. The molecule has 136 valence electrons. The Labute approximate surface area is 162 Å². The van der Waals surface area contributed by atoms with E-state index in [0.717, 1.165) is 42.1 Å². The van der Waals surface area contributed by atoms with Gasteiger partial charge in [-0.2, -0.15) is 0 Å². The highest BCUT2D eigenvalue weighted by atomic mass is 32.1. The third-order valence-corrected chi connectivity index (χ3v) is 5.87. The molecule has 1 aromatic carbocycles. The number of carbonyl (C=O) groups is 1. The van der Waals surface area contributed by atoms with Crippen molar-refractivity contribution < 1.29 is 4.79 Å². The van der Waals surface area contributed by atoms with Crippen molar-refractivity contribution in [1.29, 1.82) is 0 Å². The number of rotatable bonds is 9. The number of unbranched alkanes of at least 4 members (excludes halogenated alkanes) is 1. The Morgan fingerprint density at radius 2 is 1.85 bits per heavy atom. The molecule has 2 heterocycles. The second-order valence-corrected chi connectivity index (χ2v) is 8.15. The molecule has 2 aromatic heterocycles. The molecule has 0 spiro atoms. The zero-order valence-corrected chi connectivity index (χ0v) is 16.5. The summed E-state index contributed by atoms with van der Waals surface area (Å²) < 4.78 is 0. The first-order chi connectivity index (χ1) is 12.7. The summed E-state index contributed by atoms with van der Waals surface area (Å²) in [5, 5.41) is 9.30. The van der Waals surface area contributed by atoms with E-state index in [9.17, 15) is 4.79 Å². The molecule has 0 unspecified atom stereocenters. The number of hydrogen-bond acceptors (Lipinski definition) is 5. The van der Waals surface area contributed by atoms with Gasteiger partial charge in [0.1, 0.15) is 0 Å². The molecule has 1 N–H and O–H groups in total. The Morgan fingerprint density at radius 1 is 1.04 bits per heavy atom. The molecule has 26 heavy (non-hydrogen) atoms. The van der Waals surface area contributed by atoms with Crippen LogP contribution in [0.4, 0.5) is 0 Å². The van der Waals surface area contributed by atoms with Gasteiger partial charge in [-0.25, -0.2) is 9.97 Å². The molecule has 0 radical (unpaired) electrons. The highest BCUT2D eigenvalue weighted by molar-refractivity contribution is 7.09. The van der Waals surface area contributed by atoms with Gasteiger partial charge in [0, 0.05) is 29.4 Å². The van der Waals surface area contributed by atoms with Gasteiger partial charge in [0.05, 0.1) is 22.1 Å². The van der Waals surface area contributed by atoms with Crippen LogP contribution in [0, 0.1) is 6.92 Å². The van der Waals surface area contributed by atoms with Crippen LogP contribution < -0.4 is 5.32 Å². The summed E-state index contributed by atoms with van der Waals surface area (Å²) in [6, 6.07) is 10.3. The average molecular weight is 386 g/mol. The fraction of sp³-hybridized carbons (Fsp3) is 0.350. The molecule has 0 aliphatic rings. The van der Waals surface area contributed by atoms with Gasteiger partial charge in [-0.15, -0.1) is 22.7 Å². The number of thiazole rings is 2. The Morgan fingerprint density at radius 3 is 2.62 bits per heavy atom. The molecule has 3 rings (SSSR count). The van der Waals surface area contributed by atoms with Crippen LogP contribution in [0.5, 0.6) is 0 Å². The molecule has 6 heteroatoms. The zero-order chi connectivity index (χ0) is 18.2. The number of benzene rings is 1. The maximum atomic E-state index is 12.1. The highest BCUT2D eigenvalue weighted by Gasteiger charge is 2.08. The minimum Gasteiger partial charge on any atom is -0.356 e. The maximum absolute atomic E-state index is 12.1. The van der Waals surface area contributed by atoms with Gasteiger partial charge < -0.3 is 5.32 Å². The van der Waals surface area contributed by atoms with E-state index in [2.05, 4.69) is 32.8 Å². The summed E-state index contributed by atoms with van der Waals surface area (Å²) >= 11 is 3.33. The van der Waals surface area contributed by atoms with Crippen molar-refractivity contribution in [3.8, 4) is 0 Å². The fourth-order valence-corrected chi connectivity index (χ4v) is 4.30. The first-order valence-corrected chi connectivity index (χ1v) is 10.6. The molecule has 0 atom stereocenters. The highest BCUT2D eigenvalue weighted by Crippen LogP contribution is 2.15. The van der Waals surface area contributed by atoms with Crippen molar-refractivity contribution in [2.45, 2.75) is 39.0 Å². The summed E-state index contributed by atoms with van der Waals surface area (Å²) in [5.41, 5.74) is 3.19. The lowest BCUT2D eigenvalue weighted by molar-refractivity contribution is -0.120. The van der Waals surface area contributed by atoms with E-state index in [1.165, 1.54) is 10.6 Å². The Kier molecular flexibility index (Phi) is 6.91. The van der Waals surface area contributed by atoms with Crippen molar-refractivity contribution in [1.82, 2.24) is 15.3 Å². The van der Waals surface area contributed by atoms with Crippen molar-refractivity contribution in [2.75, 3.05) is 6.54 Å². The normalized spacial score (nSPS) is 10.8. The molecule has 0 aliphatic carbocycles. The van der Waals surface area contributed by atoms with Crippen LogP contribution in [0.2, 0.25) is 0 Å². The number of aromatic nitrogens is 2. The third-order valence-electron chi connectivity index (χ3n) is 3.95. The summed E-state index contributed by atoms with van der Waals surface area (Å²) in [6.45, 7) is 2.73. The predicted molar refractivity (Wildman–Crippen MR) is 108 cm³/mol. The van der Waals surface area contributed by atoms with Crippen molar-refractivity contribution in [2.24, 2.45) is 0 Å². The number of hydrogen-bond donors (Lipinski definition) is 1. The standard InChI is InChI=1S/C20H23N3OS2/c1-15-13-25-19(22-15)9-5-6-10-21-18(24)12-17-14-26-20(23-17)11-16-7-3-2-4-8-16/h2-4,7-8,13-14H,5-6,9-12H2,1H3,(H,21,24). The zero-order valence-electron chi connectivity index (χ0n) is 14.9. The van der Waals surface area contributed by atoms with Gasteiger partial charge in [-0.1, -0.05) is 30.3 Å². The molecule has 3 aromatic rings. The second kappa shape index (κ2) is 9.59. The molecule has 0 fully saturated rings. The fourth-order valence-electron chi connectivity index (χ4n) is 2.66. The van der Waals surface area contributed by atoms with Crippen LogP contribution >= 0.6 is 22.7 Å². The van der Waals surface area contributed by atoms with Gasteiger partial charge >= 0.3 is 0 Å². The molecule has 0 saturated heterocycles. The molecule has 1 amide bonds. The average Bonchev–Trinajstić information content (AvgIpc) is 3.24. The van der Waals surface area contributed by atoms with E-state index in [4.69, 9.17) is 0 Å². The minimum absolute atomic E-state index is 0.0478. The predicted octanol–water partition coefficient (Wildman–Crippen LogP) is 4.18. The van der Waals surface area contributed by atoms with Gasteiger partial charge in [0.15, 0.2) is 0 Å². The van der Waals surface area contributed by atoms with Crippen molar-refractivity contribution in [3.63, 3.8) is 0 Å². The lowest BCUT2D eigenvalue weighted by Gasteiger charge is -2.03. The van der Waals surface area contributed by atoms with Crippen LogP contribution in [-0.2, 0) is 24.1 Å².